The van der Waals surface area contributed by atoms with Crippen molar-refractivity contribution in [3.63, 3.8) is 0 Å². The van der Waals surface area contributed by atoms with Crippen LogP contribution in [0.5, 0.6) is 5.75 Å². The number of sulfonamides is 1. The van der Waals surface area contributed by atoms with Crippen molar-refractivity contribution in [2.45, 2.75) is 32.2 Å². The van der Waals surface area contributed by atoms with Crippen LogP contribution in [0.3, 0.4) is 0 Å². The van der Waals surface area contributed by atoms with Crippen molar-refractivity contribution in [2.24, 2.45) is 0 Å². The van der Waals surface area contributed by atoms with Gasteiger partial charge in [-0.3, -0.25) is 9.69 Å². The van der Waals surface area contributed by atoms with Crippen LogP contribution in [0.4, 0.5) is 5.13 Å². The van der Waals surface area contributed by atoms with E-state index in [-0.39, 0.29) is 17.3 Å². The molecule has 0 aliphatic carbocycles. The van der Waals surface area contributed by atoms with Crippen LogP contribution >= 0.6 is 11.3 Å². The molecular formula is C25H27N3O5S2. The summed E-state index contributed by atoms with van der Waals surface area (Å²) in [5.74, 6) is 0.912. The van der Waals surface area contributed by atoms with Crippen molar-refractivity contribution < 1.29 is 22.4 Å². The molecule has 0 spiro atoms. The van der Waals surface area contributed by atoms with E-state index in [2.05, 4.69) is 0 Å². The fourth-order valence-electron chi connectivity index (χ4n) is 3.80. The van der Waals surface area contributed by atoms with E-state index in [0.29, 0.717) is 40.8 Å². The van der Waals surface area contributed by atoms with E-state index < -0.39 is 10.0 Å². The molecule has 0 atom stereocenters. The number of anilines is 1. The maximum Gasteiger partial charge on any atom is 0.260 e. The fourth-order valence-corrected chi connectivity index (χ4v) is 6.31. The first-order valence-electron chi connectivity index (χ1n) is 11.2. The highest BCUT2D eigenvalue weighted by atomic mass is 32.2. The standard InChI is InChI=1S/C25H27N3O5S2/c1-5-27(6-2)35(30,31)20-12-10-18(11-13-20)24(29)28(16-19-8-7-15-33-19)25-26-22-21(32-4)14-9-17(3)23(22)34-25/h7-15H,5-6,16H2,1-4H3. The van der Waals surface area contributed by atoms with E-state index in [0.717, 1.165) is 10.3 Å². The number of ether oxygens (including phenoxy) is 1. The maximum absolute atomic E-state index is 13.7. The van der Waals surface area contributed by atoms with Crippen LogP contribution in [0.2, 0.25) is 0 Å². The van der Waals surface area contributed by atoms with Crippen molar-refractivity contribution in [2.75, 3.05) is 25.1 Å². The molecule has 0 saturated heterocycles. The molecule has 8 nitrogen and oxygen atoms in total. The number of rotatable bonds is 9. The van der Waals surface area contributed by atoms with Gasteiger partial charge in [0.1, 0.15) is 17.0 Å². The molecule has 184 valence electrons. The molecule has 2 aromatic carbocycles. The summed E-state index contributed by atoms with van der Waals surface area (Å²) in [5.41, 5.74) is 2.06. The van der Waals surface area contributed by atoms with Crippen molar-refractivity contribution in [3.05, 3.63) is 71.7 Å². The van der Waals surface area contributed by atoms with Crippen LogP contribution in [-0.2, 0) is 16.6 Å². The van der Waals surface area contributed by atoms with Crippen LogP contribution in [-0.4, -0.2) is 43.8 Å². The molecule has 4 rings (SSSR count). The number of thiazole rings is 1. The van der Waals surface area contributed by atoms with Crippen LogP contribution in [0.25, 0.3) is 10.2 Å². The number of carbonyl (C=O) groups is 1. The number of amides is 1. The Hall–Kier alpha value is -3.21. The summed E-state index contributed by atoms with van der Waals surface area (Å²) in [6.45, 7) is 6.48. The van der Waals surface area contributed by atoms with E-state index in [4.69, 9.17) is 14.1 Å². The zero-order valence-electron chi connectivity index (χ0n) is 20.0. The number of methoxy groups -OCH3 is 1. The first-order chi connectivity index (χ1) is 16.8. The van der Waals surface area contributed by atoms with E-state index in [1.807, 2.05) is 19.1 Å². The Bertz CT molecular complexity index is 1420. The minimum absolute atomic E-state index is 0.149. The van der Waals surface area contributed by atoms with E-state index in [9.17, 15) is 13.2 Å². The van der Waals surface area contributed by atoms with Gasteiger partial charge in [-0.25, -0.2) is 13.4 Å². The minimum Gasteiger partial charge on any atom is -0.494 e. The Kier molecular flexibility index (Phi) is 7.25. The molecule has 0 aliphatic rings. The number of carbonyl (C=O) groups excluding carboxylic acids is 1. The molecule has 1 amide bonds. The molecule has 0 aliphatic heterocycles. The lowest BCUT2D eigenvalue weighted by Gasteiger charge is -2.20. The Balaban J connectivity index is 1.73. The second kappa shape index (κ2) is 10.2. The summed E-state index contributed by atoms with van der Waals surface area (Å²) in [6.07, 6.45) is 1.55. The fraction of sp³-hybridized carbons (Fsp3) is 0.280. The molecule has 0 bridgehead atoms. The Morgan fingerprint density at radius 3 is 2.40 bits per heavy atom. The van der Waals surface area contributed by atoms with E-state index in [1.54, 1.807) is 39.4 Å². The number of hydrogen-bond donors (Lipinski definition) is 0. The number of aryl methyl sites for hydroxylation is 1. The molecule has 2 heterocycles. The molecular weight excluding hydrogens is 486 g/mol. The Morgan fingerprint density at radius 2 is 1.80 bits per heavy atom. The summed E-state index contributed by atoms with van der Waals surface area (Å²) in [6, 6.07) is 13.4. The van der Waals surface area contributed by atoms with Gasteiger partial charge in [-0.05, 0) is 55.0 Å². The summed E-state index contributed by atoms with van der Waals surface area (Å²) in [5, 5.41) is 0.494. The highest BCUT2D eigenvalue weighted by Gasteiger charge is 2.26. The van der Waals surface area contributed by atoms with Gasteiger partial charge in [0.15, 0.2) is 5.13 Å². The van der Waals surface area contributed by atoms with Crippen molar-refractivity contribution >= 4 is 42.6 Å². The monoisotopic (exact) mass is 513 g/mol. The molecule has 35 heavy (non-hydrogen) atoms. The van der Waals surface area contributed by atoms with Gasteiger partial charge in [0.05, 0.1) is 29.5 Å². The third kappa shape index (κ3) is 4.82. The summed E-state index contributed by atoms with van der Waals surface area (Å²) in [4.78, 5) is 20.1. The number of furan rings is 1. The van der Waals surface area contributed by atoms with Crippen LogP contribution in [0.1, 0.15) is 35.5 Å². The van der Waals surface area contributed by atoms with Gasteiger partial charge in [-0.15, -0.1) is 0 Å². The number of aromatic nitrogens is 1. The normalized spacial score (nSPS) is 11.8. The first-order valence-corrected chi connectivity index (χ1v) is 13.4. The molecule has 0 N–H and O–H groups in total. The highest BCUT2D eigenvalue weighted by molar-refractivity contribution is 7.89. The SMILES string of the molecule is CCN(CC)S(=O)(=O)c1ccc(C(=O)N(Cc2ccco2)c2nc3c(OC)ccc(C)c3s2)cc1. The van der Waals surface area contributed by atoms with Crippen LogP contribution in [0.15, 0.2) is 64.1 Å². The zero-order chi connectivity index (χ0) is 25.2. The predicted molar refractivity (Wildman–Crippen MR) is 137 cm³/mol. The van der Waals surface area contributed by atoms with E-state index >= 15 is 0 Å². The molecule has 0 saturated carbocycles. The summed E-state index contributed by atoms with van der Waals surface area (Å²) in [7, 11) is -2.03. The minimum atomic E-state index is -3.62. The molecule has 0 radical (unpaired) electrons. The van der Waals surface area contributed by atoms with Gasteiger partial charge in [0.2, 0.25) is 10.0 Å². The van der Waals surface area contributed by atoms with Gasteiger partial charge < -0.3 is 9.15 Å². The molecule has 0 fully saturated rings. The number of benzene rings is 2. The lowest BCUT2D eigenvalue weighted by atomic mass is 10.2. The molecule has 10 heteroatoms. The Labute approximate surface area is 208 Å². The lowest BCUT2D eigenvalue weighted by molar-refractivity contribution is 0.0983. The van der Waals surface area contributed by atoms with Crippen molar-refractivity contribution in [1.29, 1.82) is 0 Å². The summed E-state index contributed by atoms with van der Waals surface area (Å²) >= 11 is 1.39. The van der Waals surface area contributed by atoms with Gasteiger partial charge in [-0.1, -0.05) is 31.3 Å². The van der Waals surface area contributed by atoms with Gasteiger partial charge >= 0.3 is 0 Å². The molecule has 2 aromatic heterocycles. The van der Waals surface area contributed by atoms with Gasteiger partial charge in [-0.2, -0.15) is 4.31 Å². The average Bonchev–Trinajstić information content (AvgIpc) is 3.54. The molecule has 0 unspecified atom stereocenters. The maximum atomic E-state index is 13.7. The first kappa shape index (κ1) is 24.9. The van der Waals surface area contributed by atoms with Gasteiger partial charge in [0, 0.05) is 18.7 Å². The highest BCUT2D eigenvalue weighted by Crippen LogP contribution is 2.37. The predicted octanol–water partition coefficient (Wildman–Crippen LogP) is 5.08. The number of fused-ring (bicyclic) bond motifs is 1. The molecule has 4 aromatic rings. The van der Waals surface area contributed by atoms with Crippen molar-refractivity contribution in [1.82, 2.24) is 9.29 Å². The second-order valence-corrected chi connectivity index (χ2v) is 10.8. The third-order valence-corrected chi connectivity index (χ3v) is 9.00. The largest absolute Gasteiger partial charge is 0.494 e. The zero-order valence-corrected chi connectivity index (χ0v) is 21.6. The lowest BCUT2D eigenvalue weighted by Crippen LogP contribution is -2.31. The second-order valence-electron chi connectivity index (χ2n) is 7.84. The average molecular weight is 514 g/mol. The van der Waals surface area contributed by atoms with Crippen molar-refractivity contribution in [3.8, 4) is 5.75 Å². The van der Waals surface area contributed by atoms with Crippen LogP contribution < -0.4 is 9.64 Å². The number of hydrogen-bond acceptors (Lipinski definition) is 7. The third-order valence-electron chi connectivity index (χ3n) is 5.73. The Morgan fingerprint density at radius 1 is 1.09 bits per heavy atom. The number of nitrogens with zero attached hydrogens (tertiary/aromatic N) is 3. The van der Waals surface area contributed by atoms with Crippen LogP contribution in [0, 0.1) is 6.92 Å². The summed E-state index contributed by atoms with van der Waals surface area (Å²) < 4.78 is 38.9. The van der Waals surface area contributed by atoms with E-state index in [1.165, 1.54) is 44.8 Å². The van der Waals surface area contributed by atoms with Gasteiger partial charge in [0.25, 0.3) is 5.91 Å². The topological polar surface area (TPSA) is 93.0 Å². The smallest absolute Gasteiger partial charge is 0.260 e. The quantitative estimate of drug-likeness (QED) is 0.310.